The minimum Gasteiger partial charge on any atom is -0.380 e. The summed E-state index contributed by atoms with van der Waals surface area (Å²) in [6.45, 7) is 9.08. The van der Waals surface area contributed by atoms with E-state index in [4.69, 9.17) is 4.74 Å². The summed E-state index contributed by atoms with van der Waals surface area (Å²) in [5, 5.41) is 0. The highest BCUT2D eigenvalue weighted by molar-refractivity contribution is 8.00. The molecule has 2 heterocycles. The van der Waals surface area contributed by atoms with Crippen molar-refractivity contribution in [1.29, 1.82) is 0 Å². The Bertz CT molecular complexity index is 275. The zero-order valence-electron chi connectivity index (χ0n) is 10.9. The van der Waals surface area contributed by atoms with Crippen molar-refractivity contribution < 1.29 is 9.53 Å². The lowest BCUT2D eigenvalue weighted by Crippen LogP contribution is -2.40. The molecule has 0 saturated carbocycles. The third-order valence-corrected chi connectivity index (χ3v) is 5.23. The molecule has 2 aliphatic rings. The van der Waals surface area contributed by atoms with Crippen LogP contribution in [0.5, 0.6) is 0 Å². The molecule has 17 heavy (non-hydrogen) atoms. The van der Waals surface area contributed by atoms with Crippen LogP contribution in [0.2, 0.25) is 0 Å². The average Bonchev–Trinajstić information content (AvgIpc) is 2.68. The van der Waals surface area contributed by atoms with Gasteiger partial charge in [-0.15, -0.1) is 0 Å². The van der Waals surface area contributed by atoms with Gasteiger partial charge in [-0.2, -0.15) is 11.8 Å². The summed E-state index contributed by atoms with van der Waals surface area (Å²) < 4.78 is 5.79. The third kappa shape index (κ3) is 3.46. The first kappa shape index (κ1) is 13.4. The molecule has 1 unspecified atom stereocenters. The van der Waals surface area contributed by atoms with E-state index >= 15 is 0 Å². The molecular formula is C13H23NO2S. The van der Waals surface area contributed by atoms with E-state index in [-0.39, 0.29) is 5.41 Å². The van der Waals surface area contributed by atoms with Crippen molar-refractivity contribution in [3.05, 3.63) is 0 Å². The highest BCUT2D eigenvalue weighted by Crippen LogP contribution is 2.33. The molecule has 2 aliphatic heterocycles. The van der Waals surface area contributed by atoms with Gasteiger partial charge in [-0.3, -0.25) is 0 Å². The Morgan fingerprint density at radius 3 is 2.82 bits per heavy atom. The maximum Gasteiger partial charge on any atom is 0.129 e. The first-order valence-corrected chi connectivity index (χ1v) is 7.44. The topological polar surface area (TPSA) is 29.5 Å². The minimum absolute atomic E-state index is 0.223. The lowest BCUT2D eigenvalue weighted by atomic mass is 9.88. The smallest absolute Gasteiger partial charge is 0.129 e. The van der Waals surface area contributed by atoms with E-state index in [2.05, 4.69) is 18.7 Å². The van der Waals surface area contributed by atoms with E-state index in [0.717, 1.165) is 38.9 Å². The van der Waals surface area contributed by atoms with E-state index in [0.29, 0.717) is 11.4 Å². The minimum atomic E-state index is -0.223. The Hall–Kier alpha value is -0.0600. The van der Waals surface area contributed by atoms with Gasteiger partial charge >= 0.3 is 0 Å². The van der Waals surface area contributed by atoms with Crippen LogP contribution in [0.15, 0.2) is 0 Å². The van der Waals surface area contributed by atoms with Gasteiger partial charge in [-0.1, -0.05) is 13.8 Å². The molecule has 0 bridgehead atoms. The number of aldehydes is 1. The van der Waals surface area contributed by atoms with Crippen molar-refractivity contribution in [2.75, 3.05) is 38.6 Å². The van der Waals surface area contributed by atoms with Gasteiger partial charge in [-0.25, -0.2) is 0 Å². The second-order valence-electron chi connectivity index (χ2n) is 5.92. The van der Waals surface area contributed by atoms with E-state index in [1.807, 2.05) is 11.8 Å². The van der Waals surface area contributed by atoms with Gasteiger partial charge < -0.3 is 14.4 Å². The standard InChI is InChI=1S/C13H23NO2S/c1-12(2)3-5-14(6-8-17-12)9-13(10-15)4-7-16-11-13/h10H,3-9,11H2,1-2H3. The van der Waals surface area contributed by atoms with E-state index < -0.39 is 0 Å². The van der Waals surface area contributed by atoms with Crippen molar-refractivity contribution in [2.24, 2.45) is 5.41 Å². The highest BCUT2D eigenvalue weighted by Gasteiger charge is 2.37. The Labute approximate surface area is 108 Å². The van der Waals surface area contributed by atoms with Gasteiger partial charge in [0, 0.05) is 30.2 Å². The normalized spacial score (nSPS) is 34.5. The molecule has 0 radical (unpaired) electrons. The largest absolute Gasteiger partial charge is 0.380 e. The molecule has 0 aliphatic carbocycles. The summed E-state index contributed by atoms with van der Waals surface area (Å²) in [6.07, 6.45) is 3.22. The molecule has 0 aromatic rings. The number of ether oxygens (including phenoxy) is 1. The molecule has 0 amide bonds. The first-order valence-electron chi connectivity index (χ1n) is 6.46. The number of carbonyl (C=O) groups excluding carboxylic acids is 1. The summed E-state index contributed by atoms with van der Waals surface area (Å²) in [5.41, 5.74) is -0.223. The summed E-state index contributed by atoms with van der Waals surface area (Å²) in [7, 11) is 0. The van der Waals surface area contributed by atoms with Crippen LogP contribution in [0.3, 0.4) is 0 Å². The molecule has 0 aromatic heterocycles. The maximum atomic E-state index is 11.3. The third-order valence-electron chi connectivity index (χ3n) is 3.85. The number of carbonyl (C=O) groups is 1. The summed E-state index contributed by atoms with van der Waals surface area (Å²) >= 11 is 2.05. The number of rotatable bonds is 3. The van der Waals surface area contributed by atoms with Crippen LogP contribution in [-0.4, -0.2) is 54.5 Å². The summed E-state index contributed by atoms with van der Waals surface area (Å²) in [6, 6.07) is 0. The molecule has 2 fully saturated rings. The van der Waals surface area contributed by atoms with Crippen molar-refractivity contribution in [2.45, 2.75) is 31.4 Å². The zero-order valence-corrected chi connectivity index (χ0v) is 11.7. The lowest BCUT2D eigenvalue weighted by Gasteiger charge is -2.29. The van der Waals surface area contributed by atoms with Crippen LogP contribution in [-0.2, 0) is 9.53 Å². The Morgan fingerprint density at radius 2 is 2.18 bits per heavy atom. The molecule has 3 nitrogen and oxygen atoms in total. The fourth-order valence-corrected chi connectivity index (χ4v) is 3.68. The van der Waals surface area contributed by atoms with Crippen LogP contribution >= 0.6 is 11.8 Å². The number of thioether (sulfide) groups is 1. The molecule has 0 N–H and O–H groups in total. The fraction of sp³-hybridized carbons (Fsp3) is 0.923. The maximum absolute atomic E-state index is 11.3. The molecule has 2 saturated heterocycles. The molecule has 98 valence electrons. The van der Waals surface area contributed by atoms with E-state index in [9.17, 15) is 4.79 Å². The molecular weight excluding hydrogens is 234 g/mol. The van der Waals surface area contributed by atoms with Gasteiger partial charge in [0.05, 0.1) is 12.0 Å². The van der Waals surface area contributed by atoms with E-state index in [1.54, 1.807) is 0 Å². The average molecular weight is 257 g/mol. The Kier molecular flexibility index (Phi) is 4.16. The van der Waals surface area contributed by atoms with Crippen molar-refractivity contribution in [3.63, 3.8) is 0 Å². The van der Waals surface area contributed by atoms with Crippen LogP contribution in [0, 0.1) is 5.41 Å². The predicted octanol–water partition coefficient (Wildman–Crippen LogP) is 1.81. The van der Waals surface area contributed by atoms with E-state index in [1.165, 1.54) is 12.2 Å². The first-order chi connectivity index (χ1) is 8.05. The Balaban J connectivity index is 1.92. The van der Waals surface area contributed by atoms with Crippen LogP contribution < -0.4 is 0 Å². The monoisotopic (exact) mass is 257 g/mol. The molecule has 0 spiro atoms. The number of hydrogen-bond donors (Lipinski definition) is 0. The molecule has 0 aromatic carbocycles. The Morgan fingerprint density at radius 1 is 1.35 bits per heavy atom. The predicted molar refractivity (Wildman–Crippen MR) is 71.5 cm³/mol. The van der Waals surface area contributed by atoms with Gasteiger partial charge in [0.1, 0.15) is 6.29 Å². The van der Waals surface area contributed by atoms with Crippen molar-refractivity contribution >= 4 is 18.0 Å². The SMILES string of the molecule is CC1(C)CCN(CC2(C=O)CCOC2)CCS1. The molecule has 2 rings (SSSR count). The molecule has 1 atom stereocenters. The van der Waals surface area contributed by atoms with Crippen molar-refractivity contribution in [1.82, 2.24) is 4.90 Å². The highest BCUT2D eigenvalue weighted by atomic mass is 32.2. The lowest BCUT2D eigenvalue weighted by molar-refractivity contribution is -0.117. The van der Waals surface area contributed by atoms with Gasteiger partial charge in [0.2, 0.25) is 0 Å². The van der Waals surface area contributed by atoms with Gasteiger partial charge in [0.25, 0.3) is 0 Å². The zero-order chi connectivity index (χ0) is 12.4. The fourth-order valence-electron chi connectivity index (χ4n) is 2.54. The summed E-state index contributed by atoms with van der Waals surface area (Å²) in [4.78, 5) is 13.8. The number of nitrogens with zero attached hydrogens (tertiary/aromatic N) is 1. The summed E-state index contributed by atoms with van der Waals surface area (Å²) in [5.74, 6) is 1.17. The van der Waals surface area contributed by atoms with Crippen LogP contribution in [0.1, 0.15) is 26.7 Å². The van der Waals surface area contributed by atoms with Crippen molar-refractivity contribution in [3.8, 4) is 0 Å². The van der Waals surface area contributed by atoms with Gasteiger partial charge in [0.15, 0.2) is 0 Å². The molecule has 4 heteroatoms. The second kappa shape index (κ2) is 5.29. The quantitative estimate of drug-likeness (QED) is 0.721. The van der Waals surface area contributed by atoms with Crippen LogP contribution in [0.25, 0.3) is 0 Å². The van der Waals surface area contributed by atoms with Crippen LogP contribution in [0.4, 0.5) is 0 Å². The second-order valence-corrected chi connectivity index (χ2v) is 7.72. The van der Waals surface area contributed by atoms with Gasteiger partial charge in [-0.05, 0) is 19.4 Å². The number of hydrogen-bond acceptors (Lipinski definition) is 4.